The Labute approximate surface area is 115 Å². The predicted octanol–water partition coefficient (Wildman–Crippen LogP) is 0.801. The Balaban J connectivity index is 1.40. The number of carbonyl (C=O) groups is 1. The SMILES string of the molecule is O=C1c2ccccc2CN1C1CN(C2CN(P)C2)C1. The summed E-state index contributed by atoms with van der Waals surface area (Å²) < 4.78 is 2.26. The smallest absolute Gasteiger partial charge is 0.254 e. The van der Waals surface area contributed by atoms with Crippen molar-refractivity contribution in [1.29, 1.82) is 0 Å². The van der Waals surface area contributed by atoms with Crippen LogP contribution in [0.1, 0.15) is 15.9 Å². The molecule has 1 unspecified atom stereocenters. The standard InChI is InChI=1S/C14H18N3OP/c18-14-13-4-2-1-3-10(13)5-17(14)12-6-15(7-12)11-8-16(19)9-11/h1-4,11-12H,5-9,19H2. The molecule has 100 valence electrons. The normalized spacial score (nSPS) is 25.3. The third-order valence-electron chi connectivity index (χ3n) is 4.59. The lowest BCUT2D eigenvalue weighted by Gasteiger charge is -2.52. The quantitative estimate of drug-likeness (QED) is 0.747. The van der Waals surface area contributed by atoms with Gasteiger partial charge >= 0.3 is 0 Å². The summed E-state index contributed by atoms with van der Waals surface area (Å²) in [6, 6.07) is 9.11. The fourth-order valence-electron chi connectivity index (χ4n) is 3.27. The lowest BCUT2D eigenvalue weighted by molar-refractivity contribution is -0.0209. The molecule has 2 saturated heterocycles. The molecule has 5 heteroatoms. The van der Waals surface area contributed by atoms with Gasteiger partial charge in [-0.05, 0) is 11.6 Å². The van der Waals surface area contributed by atoms with Crippen molar-refractivity contribution in [2.45, 2.75) is 18.6 Å². The highest BCUT2D eigenvalue weighted by molar-refractivity contribution is 7.13. The summed E-state index contributed by atoms with van der Waals surface area (Å²) in [5.74, 6) is 0.224. The van der Waals surface area contributed by atoms with Gasteiger partial charge in [0.15, 0.2) is 0 Å². The molecule has 0 N–H and O–H groups in total. The van der Waals surface area contributed by atoms with Crippen LogP contribution in [0, 0.1) is 0 Å². The van der Waals surface area contributed by atoms with E-state index in [9.17, 15) is 4.79 Å². The van der Waals surface area contributed by atoms with E-state index in [1.807, 2.05) is 18.2 Å². The van der Waals surface area contributed by atoms with Crippen LogP contribution in [0.2, 0.25) is 0 Å². The third kappa shape index (κ3) is 1.82. The predicted molar refractivity (Wildman–Crippen MR) is 76.7 cm³/mol. The van der Waals surface area contributed by atoms with Gasteiger partial charge in [0.05, 0.1) is 6.04 Å². The maximum absolute atomic E-state index is 12.3. The van der Waals surface area contributed by atoms with Crippen LogP contribution in [0.5, 0.6) is 0 Å². The zero-order chi connectivity index (χ0) is 13.0. The Morgan fingerprint density at radius 2 is 1.79 bits per heavy atom. The Kier molecular flexibility index (Phi) is 2.66. The largest absolute Gasteiger partial charge is 0.329 e. The first-order valence-electron chi connectivity index (χ1n) is 6.85. The number of amides is 1. The molecular formula is C14H18N3OP. The van der Waals surface area contributed by atoms with E-state index < -0.39 is 0 Å². The highest BCUT2D eigenvalue weighted by atomic mass is 31.0. The van der Waals surface area contributed by atoms with Crippen molar-refractivity contribution in [3.05, 3.63) is 35.4 Å². The number of likely N-dealkylation sites (tertiary alicyclic amines) is 1. The van der Waals surface area contributed by atoms with E-state index in [4.69, 9.17) is 0 Å². The second kappa shape index (κ2) is 4.27. The zero-order valence-electron chi connectivity index (χ0n) is 10.8. The molecule has 2 fully saturated rings. The van der Waals surface area contributed by atoms with Gasteiger partial charge in [-0.1, -0.05) is 27.6 Å². The molecule has 4 rings (SSSR count). The summed E-state index contributed by atoms with van der Waals surface area (Å²) in [7, 11) is 2.74. The van der Waals surface area contributed by atoms with Gasteiger partial charge in [-0.3, -0.25) is 14.4 Å². The molecule has 0 radical (unpaired) electrons. The summed E-state index contributed by atoms with van der Waals surface area (Å²) >= 11 is 0. The molecule has 1 aromatic carbocycles. The lowest BCUT2D eigenvalue weighted by Crippen LogP contribution is -2.68. The Morgan fingerprint density at radius 1 is 1.05 bits per heavy atom. The van der Waals surface area contributed by atoms with Gasteiger partial charge in [0.1, 0.15) is 0 Å². The summed E-state index contributed by atoms with van der Waals surface area (Å²) in [5.41, 5.74) is 2.09. The van der Waals surface area contributed by atoms with Gasteiger partial charge in [0.25, 0.3) is 5.91 Å². The molecule has 0 aliphatic carbocycles. The minimum atomic E-state index is 0.224. The maximum Gasteiger partial charge on any atom is 0.254 e. The number of hydrogen-bond acceptors (Lipinski definition) is 3. The molecule has 3 aliphatic rings. The molecule has 0 bridgehead atoms. The summed E-state index contributed by atoms with van der Waals surface area (Å²) in [5, 5.41) is 0. The molecule has 3 aliphatic heterocycles. The average molecular weight is 275 g/mol. The minimum absolute atomic E-state index is 0.224. The van der Waals surface area contributed by atoms with Crippen LogP contribution in [0.25, 0.3) is 0 Å². The summed E-state index contributed by atoms with van der Waals surface area (Å²) in [4.78, 5) is 16.9. The number of fused-ring (bicyclic) bond motifs is 1. The van der Waals surface area contributed by atoms with E-state index in [-0.39, 0.29) is 5.91 Å². The highest BCUT2D eigenvalue weighted by Gasteiger charge is 2.43. The van der Waals surface area contributed by atoms with Crippen molar-refractivity contribution < 1.29 is 4.79 Å². The van der Waals surface area contributed by atoms with E-state index in [0.29, 0.717) is 12.1 Å². The van der Waals surface area contributed by atoms with E-state index in [1.54, 1.807) is 0 Å². The highest BCUT2D eigenvalue weighted by Crippen LogP contribution is 2.30. The van der Waals surface area contributed by atoms with Gasteiger partial charge < -0.3 is 4.90 Å². The number of carbonyl (C=O) groups excluding carboxylic acids is 1. The van der Waals surface area contributed by atoms with Gasteiger partial charge in [-0.15, -0.1) is 0 Å². The molecule has 1 aromatic rings. The Hall–Kier alpha value is -0.960. The van der Waals surface area contributed by atoms with Crippen LogP contribution in [0.15, 0.2) is 24.3 Å². The van der Waals surface area contributed by atoms with Gasteiger partial charge in [-0.25, -0.2) is 0 Å². The van der Waals surface area contributed by atoms with Crippen LogP contribution in [-0.2, 0) is 6.54 Å². The van der Waals surface area contributed by atoms with Crippen molar-refractivity contribution >= 4 is 15.3 Å². The first-order valence-corrected chi connectivity index (χ1v) is 7.36. The molecule has 3 heterocycles. The molecule has 1 amide bonds. The van der Waals surface area contributed by atoms with Crippen LogP contribution in [0.4, 0.5) is 0 Å². The third-order valence-corrected chi connectivity index (χ3v) is 5.01. The zero-order valence-corrected chi connectivity index (χ0v) is 12.0. The van der Waals surface area contributed by atoms with Gasteiger partial charge in [0, 0.05) is 44.3 Å². The van der Waals surface area contributed by atoms with Crippen molar-refractivity contribution in [1.82, 2.24) is 14.5 Å². The number of benzene rings is 1. The van der Waals surface area contributed by atoms with E-state index >= 15 is 0 Å². The lowest BCUT2D eigenvalue weighted by atomic mass is 10.0. The fourth-order valence-corrected chi connectivity index (χ4v) is 3.76. The van der Waals surface area contributed by atoms with Crippen LogP contribution >= 0.6 is 9.39 Å². The van der Waals surface area contributed by atoms with Crippen LogP contribution < -0.4 is 0 Å². The Bertz CT molecular complexity index is 523. The fraction of sp³-hybridized carbons (Fsp3) is 0.500. The van der Waals surface area contributed by atoms with Gasteiger partial charge in [-0.2, -0.15) is 0 Å². The van der Waals surface area contributed by atoms with Crippen molar-refractivity contribution in [2.24, 2.45) is 0 Å². The Morgan fingerprint density at radius 3 is 2.47 bits per heavy atom. The minimum Gasteiger partial charge on any atom is -0.329 e. The molecule has 0 saturated carbocycles. The van der Waals surface area contributed by atoms with E-state index in [2.05, 4.69) is 29.9 Å². The molecule has 4 nitrogen and oxygen atoms in total. The van der Waals surface area contributed by atoms with Crippen LogP contribution in [-0.4, -0.2) is 58.6 Å². The number of hydrogen-bond donors (Lipinski definition) is 0. The first kappa shape index (κ1) is 11.8. The molecular weight excluding hydrogens is 257 g/mol. The topological polar surface area (TPSA) is 26.8 Å². The van der Waals surface area contributed by atoms with Gasteiger partial charge in [0.2, 0.25) is 0 Å². The second-order valence-corrected chi connectivity index (χ2v) is 6.54. The van der Waals surface area contributed by atoms with Crippen molar-refractivity contribution in [3.8, 4) is 0 Å². The second-order valence-electron chi connectivity index (χ2n) is 5.81. The molecule has 1 atom stereocenters. The van der Waals surface area contributed by atoms with Crippen molar-refractivity contribution in [2.75, 3.05) is 26.2 Å². The summed E-state index contributed by atoms with van der Waals surface area (Å²) in [6.07, 6.45) is 0. The van der Waals surface area contributed by atoms with E-state index in [0.717, 1.165) is 38.3 Å². The molecule has 19 heavy (non-hydrogen) atoms. The number of nitrogens with zero attached hydrogens (tertiary/aromatic N) is 3. The average Bonchev–Trinajstić information content (AvgIpc) is 2.64. The molecule has 0 spiro atoms. The van der Waals surface area contributed by atoms with Crippen LogP contribution in [0.3, 0.4) is 0 Å². The van der Waals surface area contributed by atoms with E-state index in [1.165, 1.54) is 5.56 Å². The summed E-state index contributed by atoms with van der Waals surface area (Å²) in [6.45, 7) is 5.18. The molecule has 0 aromatic heterocycles. The maximum atomic E-state index is 12.3. The monoisotopic (exact) mass is 275 g/mol. The first-order chi connectivity index (χ1) is 9.22. The van der Waals surface area contributed by atoms with Crippen molar-refractivity contribution in [3.63, 3.8) is 0 Å². The number of rotatable bonds is 2.